The molecular weight excluding hydrogens is 360 g/mol. The minimum Gasteiger partial charge on any atom is -0.0654 e. The van der Waals surface area contributed by atoms with Crippen LogP contribution in [0.2, 0.25) is 0 Å². The zero-order valence-corrected chi connectivity index (χ0v) is 21.7. The molecule has 30 heavy (non-hydrogen) atoms. The van der Waals surface area contributed by atoms with Gasteiger partial charge in [0.2, 0.25) is 0 Å². The third kappa shape index (κ3) is 24.3. The number of hydrogen-bond donors (Lipinski definition) is 0. The van der Waals surface area contributed by atoms with Crippen LogP contribution >= 0.6 is 0 Å². The molecule has 0 aliphatic carbocycles. The molecule has 0 heterocycles. The highest BCUT2D eigenvalue weighted by molar-refractivity contribution is 4.62. The number of rotatable bonds is 26. The Morgan fingerprint density at radius 1 is 0.367 bits per heavy atom. The molecule has 0 aliphatic rings. The van der Waals surface area contributed by atoms with Crippen molar-refractivity contribution in [3.05, 3.63) is 6.92 Å². The SMILES string of the molecule is [CH2]CCCCCC(CCCCCCCCCC)CCCCCCCCCCCCC. The maximum absolute atomic E-state index is 4.01. The summed E-state index contributed by atoms with van der Waals surface area (Å²) in [5.74, 6) is 1.02. The van der Waals surface area contributed by atoms with Gasteiger partial charge in [0, 0.05) is 0 Å². The van der Waals surface area contributed by atoms with Gasteiger partial charge in [0.15, 0.2) is 0 Å². The Morgan fingerprint density at radius 2 is 0.633 bits per heavy atom. The van der Waals surface area contributed by atoms with Gasteiger partial charge in [-0.05, 0) is 5.92 Å². The molecule has 1 unspecified atom stereocenters. The summed E-state index contributed by atoms with van der Waals surface area (Å²) in [6.07, 6.45) is 37.7. The number of unbranched alkanes of at least 4 members (excludes halogenated alkanes) is 20. The molecule has 0 nitrogen and oxygen atoms in total. The Labute approximate surface area is 193 Å². The number of hydrogen-bond acceptors (Lipinski definition) is 0. The van der Waals surface area contributed by atoms with Crippen LogP contribution in [0.5, 0.6) is 0 Å². The van der Waals surface area contributed by atoms with E-state index in [1.54, 1.807) is 0 Å². The van der Waals surface area contributed by atoms with E-state index >= 15 is 0 Å². The minimum atomic E-state index is 1.02. The lowest BCUT2D eigenvalue weighted by molar-refractivity contribution is 0.366. The van der Waals surface area contributed by atoms with Crippen LogP contribution in [0.1, 0.15) is 181 Å². The molecule has 0 saturated carbocycles. The van der Waals surface area contributed by atoms with Crippen molar-refractivity contribution in [2.24, 2.45) is 5.92 Å². The Hall–Kier alpha value is 0. The van der Waals surface area contributed by atoms with Crippen LogP contribution < -0.4 is 0 Å². The van der Waals surface area contributed by atoms with E-state index < -0.39 is 0 Å². The van der Waals surface area contributed by atoms with Gasteiger partial charge < -0.3 is 0 Å². The van der Waals surface area contributed by atoms with E-state index in [-0.39, 0.29) is 0 Å². The van der Waals surface area contributed by atoms with E-state index in [1.807, 2.05) is 0 Å². The highest BCUT2D eigenvalue weighted by Crippen LogP contribution is 2.24. The molecule has 0 fully saturated rings. The molecule has 1 radical (unpaired) electrons. The van der Waals surface area contributed by atoms with Crippen LogP contribution in [0.4, 0.5) is 0 Å². The van der Waals surface area contributed by atoms with Crippen LogP contribution in [0, 0.1) is 12.8 Å². The highest BCUT2D eigenvalue weighted by Gasteiger charge is 2.08. The maximum Gasteiger partial charge on any atom is -0.0414 e. The van der Waals surface area contributed by atoms with Crippen molar-refractivity contribution in [2.75, 3.05) is 0 Å². The van der Waals surface area contributed by atoms with Crippen LogP contribution in [0.25, 0.3) is 0 Å². The molecule has 0 aromatic heterocycles. The molecule has 0 aliphatic heterocycles. The molecule has 0 heteroatoms. The van der Waals surface area contributed by atoms with E-state index in [0.29, 0.717) is 0 Å². The van der Waals surface area contributed by atoms with Gasteiger partial charge in [-0.25, -0.2) is 0 Å². The second kappa shape index (κ2) is 27.0. The molecule has 0 spiro atoms. The fraction of sp³-hybridized carbons (Fsp3) is 0.967. The van der Waals surface area contributed by atoms with Crippen LogP contribution in [0.15, 0.2) is 0 Å². The maximum atomic E-state index is 4.01. The van der Waals surface area contributed by atoms with Crippen molar-refractivity contribution in [3.8, 4) is 0 Å². The van der Waals surface area contributed by atoms with E-state index in [2.05, 4.69) is 20.8 Å². The summed E-state index contributed by atoms with van der Waals surface area (Å²) in [7, 11) is 0. The molecule has 0 aromatic carbocycles. The lowest BCUT2D eigenvalue weighted by Crippen LogP contribution is -2.01. The first-order valence-corrected chi connectivity index (χ1v) is 14.6. The molecule has 0 bridgehead atoms. The predicted molar refractivity (Wildman–Crippen MR) is 140 cm³/mol. The summed E-state index contributed by atoms with van der Waals surface area (Å²) in [4.78, 5) is 0. The van der Waals surface area contributed by atoms with E-state index in [9.17, 15) is 0 Å². The molecule has 1 atom stereocenters. The monoisotopic (exact) mass is 421 g/mol. The Morgan fingerprint density at radius 3 is 0.933 bits per heavy atom. The molecule has 0 aromatic rings. The lowest BCUT2D eigenvalue weighted by atomic mass is 9.89. The first-order chi connectivity index (χ1) is 14.8. The zero-order valence-electron chi connectivity index (χ0n) is 21.7. The van der Waals surface area contributed by atoms with Gasteiger partial charge in [-0.3, -0.25) is 0 Å². The second-order valence-electron chi connectivity index (χ2n) is 10.2. The summed E-state index contributed by atoms with van der Waals surface area (Å²) in [5, 5.41) is 0. The summed E-state index contributed by atoms with van der Waals surface area (Å²) in [6, 6.07) is 0. The smallest absolute Gasteiger partial charge is 0.0414 e. The summed E-state index contributed by atoms with van der Waals surface area (Å²) < 4.78 is 0. The fourth-order valence-corrected chi connectivity index (χ4v) is 4.88. The molecule has 0 rings (SSSR count). The lowest BCUT2D eigenvalue weighted by Gasteiger charge is -2.17. The van der Waals surface area contributed by atoms with Crippen molar-refractivity contribution >= 4 is 0 Å². The van der Waals surface area contributed by atoms with Crippen molar-refractivity contribution in [2.45, 2.75) is 181 Å². The summed E-state index contributed by atoms with van der Waals surface area (Å²) >= 11 is 0. The van der Waals surface area contributed by atoms with Gasteiger partial charge in [-0.15, -0.1) is 0 Å². The van der Waals surface area contributed by atoms with Crippen LogP contribution in [0.3, 0.4) is 0 Å². The van der Waals surface area contributed by atoms with Crippen molar-refractivity contribution in [3.63, 3.8) is 0 Å². The average Bonchev–Trinajstić information content (AvgIpc) is 2.76. The molecule has 0 N–H and O–H groups in total. The molecule has 0 saturated heterocycles. The van der Waals surface area contributed by atoms with Gasteiger partial charge in [0.1, 0.15) is 0 Å². The van der Waals surface area contributed by atoms with Gasteiger partial charge in [-0.1, -0.05) is 188 Å². The normalized spacial score (nSPS) is 12.5. The van der Waals surface area contributed by atoms with Gasteiger partial charge in [-0.2, -0.15) is 0 Å². The van der Waals surface area contributed by atoms with E-state index in [1.165, 1.54) is 161 Å². The topological polar surface area (TPSA) is 0 Å². The molecular formula is C30H61. The second-order valence-corrected chi connectivity index (χ2v) is 10.2. The minimum absolute atomic E-state index is 1.02. The zero-order chi connectivity index (χ0) is 22.0. The van der Waals surface area contributed by atoms with Crippen LogP contribution in [-0.4, -0.2) is 0 Å². The fourth-order valence-electron chi connectivity index (χ4n) is 4.88. The summed E-state index contributed by atoms with van der Waals surface area (Å²) in [5.41, 5.74) is 0. The van der Waals surface area contributed by atoms with Crippen molar-refractivity contribution < 1.29 is 0 Å². The largest absolute Gasteiger partial charge is 0.0654 e. The first kappa shape index (κ1) is 30.0. The van der Waals surface area contributed by atoms with Crippen molar-refractivity contribution in [1.82, 2.24) is 0 Å². The summed E-state index contributed by atoms with van der Waals surface area (Å²) in [6.45, 7) is 8.63. The average molecular weight is 422 g/mol. The van der Waals surface area contributed by atoms with Crippen LogP contribution in [-0.2, 0) is 0 Å². The van der Waals surface area contributed by atoms with Gasteiger partial charge in [0.05, 0.1) is 0 Å². The van der Waals surface area contributed by atoms with Gasteiger partial charge >= 0.3 is 0 Å². The quantitative estimate of drug-likeness (QED) is 0.122. The predicted octanol–water partition coefficient (Wildman–Crippen LogP) is 11.6. The Kier molecular flexibility index (Phi) is 27.0. The molecule has 0 amide bonds. The Balaban J connectivity index is 3.67. The van der Waals surface area contributed by atoms with E-state index in [4.69, 9.17) is 0 Å². The molecule has 181 valence electrons. The van der Waals surface area contributed by atoms with Gasteiger partial charge in [0.25, 0.3) is 0 Å². The Bertz CT molecular complexity index is 282. The third-order valence-corrected chi connectivity index (χ3v) is 7.04. The van der Waals surface area contributed by atoms with Crippen molar-refractivity contribution in [1.29, 1.82) is 0 Å². The first-order valence-electron chi connectivity index (χ1n) is 14.6. The van der Waals surface area contributed by atoms with E-state index in [0.717, 1.165) is 12.3 Å². The third-order valence-electron chi connectivity index (χ3n) is 7.04. The highest BCUT2D eigenvalue weighted by atomic mass is 14.1. The standard InChI is InChI=1S/C30H61/c1-4-7-10-13-15-17-18-19-21-23-26-29-30(27-24-12-9-6-3)28-25-22-20-16-14-11-8-5-2/h30H,3-29H2,1-2H3.